The first kappa shape index (κ1) is 23.9. The molecule has 5 rings (SSSR count). The molecule has 4 aromatic rings. The minimum atomic E-state index is -0.530. The lowest BCUT2D eigenvalue weighted by molar-refractivity contribution is -0.116. The van der Waals surface area contributed by atoms with E-state index in [1.165, 1.54) is 20.5 Å². The van der Waals surface area contributed by atoms with Gasteiger partial charge in [0, 0.05) is 20.6 Å². The van der Waals surface area contributed by atoms with Crippen molar-refractivity contribution in [2.24, 2.45) is 0 Å². The van der Waals surface area contributed by atoms with Crippen molar-refractivity contribution < 1.29 is 4.79 Å². The van der Waals surface area contributed by atoms with E-state index in [2.05, 4.69) is 5.32 Å². The fourth-order valence-corrected chi connectivity index (χ4v) is 6.26. The van der Waals surface area contributed by atoms with Gasteiger partial charge in [0.1, 0.15) is 11.4 Å². The largest absolute Gasteiger partial charge is 0.332 e. The summed E-state index contributed by atoms with van der Waals surface area (Å²) in [5, 5.41) is 4.38. The summed E-state index contributed by atoms with van der Waals surface area (Å²) in [6.07, 6.45) is 3.72. The topological polar surface area (TPSA) is 73.1 Å². The minimum absolute atomic E-state index is 0.0348. The van der Waals surface area contributed by atoms with Crippen molar-refractivity contribution in [1.29, 1.82) is 0 Å². The van der Waals surface area contributed by atoms with Crippen LogP contribution in [0.25, 0.3) is 10.2 Å². The molecule has 0 bridgehead atoms. The van der Waals surface area contributed by atoms with Gasteiger partial charge in [0.15, 0.2) is 0 Å². The summed E-state index contributed by atoms with van der Waals surface area (Å²) in [5.41, 5.74) is 2.27. The molecule has 1 aliphatic rings. The standard InChI is InChI=1S/C26H23Cl2N3O3S/c1-15-10-11-17(12-20(15)28)29-22(32)14-31-25-23(18-7-3-5-9-21(18)35-25)24(33)30(26(31)34)13-16-6-2-4-8-19(16)27/h2,4,6,8,10-12H,3,5,7,9,13-14H2,1H3,(H,29,32). The Morgan fingerprint density at radius 3 is 2.57 bits per heavy atom. The van der Waals surface area contributed by atoms with Crippen molar-refractivity contribution in [2.75, 3.05) is 5.32 Å². The van der Waals surface area contributed by atoms with Crippen molar-refractivity contribution in [1.82, 2.24) is 9.13 Å². The molecule has 0 fully saturated rings. The molecule has 180 valence electrons. The van der Waals surface area contributed by atoms with Gasteiger partial charge in [-0.3, -0.25) is 18.7 Å². The number of hydrogen-bond donors (Lipinski definition) is 1. The number of fused-ring (bicyclic) bond motifs is 3. The Kier molecular flexibility index (Phi) is 6.57. The number of nitrogens with one attached hydrogen (secondary N) is 1. The van der Waals surface area contributed by atoms with Gasteiger partial charge in [-0.1, -0.05) is 47.5 Å². The summed E-state index contributed by atoms with van der Waals surface area (Å²) < 4.78 is 2.61. The van der Waals surface area contributed by atoms with Crippen LogP contribution >= 0.6 is 34.5 Å². The first-order chi connectivity index (χ1) is 16.8. The van der Waals surface area contributed by atoms with E-state index < -0.39 is 5.69 Å². The van der Waals surface area contributed by atoms with Gasteiger partial charge in [-0.15, -0.1) is 11.3 Å². The van der Waals surface area contributed by atoms with Crippen LogP contribution < -0.4 is 16.6 Å². The number of thiophene rings is 1. The molecule has 2 aromatic carbocycles. The lowest BCUT2D eigenvalue weighted by atomic mass is 9.97. The van der Waals surface area contributed by atoms with E-state index in [1.54, 1.807) is 30.3 Å². The summed E-state index contributed by atoms with van der Waals surface area (Å²) >= 11 is 14.0. The van der Waals surface area contributed by atoms with Crippen LogP contribution in [0.3, 0.4) is 0 Å². The van der Waals surface area contributed by atoms with Crippen molar-refractivity contribution in [3.8, 4) is 0 Å². The second-order valence-corrected chi connectivity index (χ2v) is 10.7. The van der Waals surface area contributed by atoms with E-state index in [0.717, 1.165) is 41.7 Å². The number of rotatable bonds is 5. The third-order valence-corrected chi connectivity index (χ3v) is 8.45. The Bertz CT molecular complexity index is 1590. The van der Waals surface area contributed by atoms with Gasteiger partial charge in [0.2, 0.25) is 5.91 Å². The molecule has 6 nitrogen and oxygen atoms in total. The Hall–Kier alpha value is -2.87. The maximum Gasteiger partial charge on any atom is 0.332 e. The number of carbonyl (C=O) groups excluding carboxylic acids is 1. The van der Waals surface area contributed by atoms with Crippen LogP contribution in [0.2, 0.25) is 10.0 Å². The van der Waals surface area contributed by atoms with Crippen molar-refractivity contribution in [3.05, 3.63) is 94.9 Å². The highest BCUT2D eigenvalue weighted by atomic mass is 35.5. The second kappa shape index (κ2) is 9.64. The molecule has 2 heterocycles. The van der Waals surface area contributed by atoms with Gasteiger partial charge in [-0.2, -0.15) is 0 Å². The van der Waals surface area contributed by atoms with E-state index in [4.69, 9.17) is 23.2 Å². The van der Waals surface area contributed by atoms with Crippen molar-refractivity contribution in [3.63, 3.8) is 0 Å². The van der Waals surface area contributed by atoms with E-state index in [9.17, 15) is 14.4 Å². The van der Waals surface area contributed by atoms with E-state index in [-0.39, 0.29) is 24.6 Å². The molecular formula is C26H23Cl2N3O3S. The number of amides is 1. The molecule has 2 aromatic heterocycles. The van der Waals surface area contributed by atoms with Crippen LogP contribution in [-0.2, 0) is 30.7 Å². The van der Waals surface area contributed by atoms with Crippen molar-refractivity contribution >= 4 is 56.3 Å². The summed E-state index contributed by atoms with van der Waals surface area (Å²) in [6, 6.07) is 12.4. The fourth-order valence-electron chi connectivity index (χ4n) is 4.51. The van der Waals surface area contributed by atoms with E-state index in [0.29, 0.717) is 31.5 Å². The van der Waals surface area contributed by atoms with Crippen LogP contribution in [0.1, 0.15) is 34.4 Å². The number of hydrogen-bond acceptors (Lipinski definition) is 4. The van der Waals surface area contributed by atoms with E-state index in [1.807, 2.05) is 19.1 Å². The van der Waals surface area contributed by atoms with E-state index >= 15 is 0 Å². The Morgan fingerprint density at radius 1 is 1.03 bits per heavy atom. The molecule has 0 unspecified atom stereocenters. The Morgan fingerprint density at radius 2 is 1.80 bits per heavy atom. The molecule has 0 atom stereocenters. The molecule has 0 radical (unpaired) electrons. The smallest absolute Gasteiger partial charge is 0.324 e. The first-order valence-electron chi connectivity index (χ1n) is 11.4. The highest BCUT2D eigenvalue weighted by Gasteiger charge is 2.24. The molecule has 0 spiro atoms. The molecule has 0 aliphatic heterocycles. The molecule has 1 aliphatic carbocycles. The fraction of sp³-hybridized carbons (Fsp3) is 0.269. The van der Waals surface area contributed by atoms with Crippen LogP contribution in [0, 0.1) is 6.92 Å². The SMILES string of the molecule is Cc1ccc(NC(=O)Cn2c(=O)n(Cc3ccccc3Cl)c(=O)c3c4c(sc32)CCCC4)cc1Cl. The average molecular weight is 528 g/mol. The normalized spacial score (nSPS) is 13.1. The van der Waals surface area contributed by atoms with Gasteiger partial charge in [-0.05, 0) is 67.5 Å². The van der Waals surface area contributed by atoms with Crippen LogP contribution in [-0.4, -0.2) is 15.0 Å². The number of anilines is 1. The third-order valence-electron chi connectivity index (χ3n) is 6.36. The summed E-state index contributed by atoms with van der Waals surface area (Å²) in [4.78, 5) is 41.9. The molecule has 1 amide bonds. The molecule has 0 saturated carbocycles. The zero-order valence-corrected chi connectivity index (χ0v) is 21.4. The first-order valence-corrected chi connectivity index (χ1v) is 13.0. The highest BCUT2D eigenvalue weighted by molar-refractivity contribution is 7.18. The predicted octanol–water partition coefficient (Wildman–Crippen LogP) is 5.41. The van der Waals surface area contributed by atoms with Gasteiger partial charge in [0.25, 0.3) is 5.56 Å². The van der Waals surface area contributed by atoms with Crippen LogP contribution in [0.15, 0.2) is 52.1 Å². The van der Waals surface area contributed by atoms with Gasteiger partial charge < -0.3 is 5.32 Å². The van der Waals surface area contributed by atoms with Crippen molar-refractivity contribution in [2.45, 2.75) is 45.7 Å². The molecule has 9 heteroatoms. The summed E-state index contributed by atoms with van der Waals surface area (Å²) in [5.74, 6) is -0.373. The quantitative estimate of drug-likeness (QED) is 0.377. The zero-order chi connectivity index (χ0) is 24.7. The van der Waals surface area contributed by atoms with Gasteiger partial charge >= 0.3 is 5.69 Å². The number of aryl methyl sites for hydroxylation is 3. The number of nitrogens with zero attached hydrogens (tertiary/aromatic N) is 2. The monoisotopic (exact) mass is 527 g/mol. The number of benzene rings is 2. The predicted molar refractivity (Wildman–Crippen MR) is 142 cm³/mol. The number of halogens is 2. The molecule has 1 N–H and O–H groups in total. The maximum atomic E-state index is 13.6. The summed E-state index contributed by atoms with van der Waals surface area (Å²) in [7, 11) is 0. The van der Waals surface area contributed by atoms with Crippen LogP contribution in [0.5, 0.6) is 0 Å². The zero-order valence-electron chi connectivity index (χ0n) is 19.1. The lowest BCUT2D eigenvalue weighted by Gasteiger charge is -2.14. The number of carbonyl (C=O) groups is 1. The molecular weight excluding hydrogens is 505 g/mol. The molecule has 0 saturated heterocycles. The highest BCUT2D eigenvalue weighted by Crippen LogP contribution is 2.34. The average Bonchev–Trinajstić information content (AvgIpc) is 3.23. The maximum absolute atomic E-state index is 13.6. The Labute approximate surface area is 215 Å². The van der Waals surface area contributed by atoms with Crippen LogP contribution in [0.4, 0.5) is 5.69 Å². The third kappa shape index (κ3) is 4.56. The lowest BCUT2D eigenvalue weighted by Crippen LogP contribution is -2.41. The second-order valence-electron chi connectivity index (χ2n) is 8.75. The Balaban J connectivity index is 1.61. The van der Waals surface area contributed by atoms with Gasteiger partial charge in [-0.25, -0.2) is 4.79 Å². The summed E-state index contributed by atoms with van der Waals surface area (Å²) in [6.45, 7) is 1.70. The minimum Gasteiger partial charge on any atom is -0.324 e. The number of aromatic nitrogens is 2. The molecule has 35 heavy (non-hydrogen) atoms. The van der Waals surface area contributed by atoms with Gasteiger partial charge in [0.05, 0.1) is 11.9 Å².